The quantitative estimate of drug-likeness (QED) is 0.595. The maximum Gasteiger partial charge on any atom is 0.0594 e. The van der Waals surface area contributed by atoms with E-state index in [0.29, 0.717) is 10.0 Å². The van der Waals surface area contributed by atoms with Crippen molar-refractivity contribution in [1.82, 2.24) is 0 Å². The number of rotatable bonds is 0. The van der Waals surface area contributed by atoms with E-state index in [1.807, 2.05) is 19.1 Å². The Morgan fingerprint density at radius 2 is 1.70 bits per heavy atom. The molecule has 0 unspecified atom stereocenters. The third-order valence-electron chi connectivity index (χ3n) is 1.08. The van der Waals surface area contributed by atoms with Gasteiger partial charge in [-0.15, -0.1) is 12.4 Å². The van der Waals surface area contributed by atoms with Gasteiger partial charge in [0.15, 0.2) is 0 Å². The number of aryl methyl sites for hydroxylation is 1. The number of hydrogen-bond acceptors (Lipinski definition) is 0. The van der Waals surface area contributed by atoms with Crippen LogP contribution >= 0.6 is 35.6 Å². The molecule has 0 saturated carbocycles. The second kappa shape index (κ2) is 4.07. The van der Waals surface area contributed by atoms with E-state index in [9.17, 15) is 0 Å². The molecule has 0 N–H and O–H groups in total. The molecule has 0 amide bonds. The number of hydrogen-bond donors (Lipinski definition) is 0. The van der Waals surface area contributed by atoms with Crippen molar-refractivity contribution in [2.24, 2.45) is 0 Å². The van der Waals surface area contributed by atoms with Gasteiger partial charge < -0.3 is 0 Å². The highest BCUT2D eigenvalue weighted by molar-refractivity contribution is 6.41. The summed E-state index contributed by atoms with van der Waals surface area (Å²) in [5.74, 6) is 0. The van der Waals surface area contributed by atoms with Crippen LogP contribution in [0.15, 0.2) is 18.2 Å². The summed E-state index contributed by atoms with van der Waals surface area (Å²) in [5, 5.41) is 1.24. The molecular weight excluding hydrogens is 190 g/mol. The fourth-order valence-electron chi connectivity index (χ4n) is 0.601. The first-order valence-corrected chi connectivity index (χ1v) is 3.37. The predicted octanol–water partition coefficient (Wildman–Crippen LogP) is 3.72. The Balaban J connectivity index is 0.000000810. The summed E-state index contributed by atoms with van der Waals surface area (Å²) < 4.78 is 0. The Morgan fingerprint density at radius 1 is 1.10 bits per heavy atom. The lowest BCUT2D eigenvalue weighted by atomic mass is 10.2. The van der Waals surface area contributed by atoms with E-state index < -0.39 is 0 Å². The normalized spacial score (nSPS) is 8.70. The van der Waals surface area contributed by atoms with E-state index in [-0.39, 0.29) is 12.4 Å². The van der Waals surface area contributed by atoms with Crippen molar-refractivity contribution >= 4 is 35.6 Å². The van der Waals surface area contributed by atoms with E-state index in [4.69, 9.17) is 23.2 Å². The molecule has 0 fully saturated rings. The van der Waals surface area contributed by atoms with Gasteiger partial charge in [0.05, 0.1) is 10.0 Å². The Hall–Kier alpha value is 0.0900. The van der Waals surface area contributed by atoms with Crippen molar-refractivity contribution in [2.45, 2.75) is 6.92 Å². The standard InChI is InChI=1S/C7H6Cl2.ClH/c1-5-2-3-6(8)7(9)4-5;/h2-4H,1H3;1H. The van der Waals surface area contributed by atoms with Crippen molar-refractivity contribution in [3.05, 3.63) is 33.8 Å². The monoisotopic (exact) mass is 196 g/mol. The van der Waals surface area contributed by atoms with Crippen LogP contribution in [0.3, 0.4) is 0 Å². The number of halogens is 3. The minimum Gasteiger partial charge on any atom is -0.147 e. The molecule has 0 saturated heterocycles. The van der Waals surface area contributed by atoms with Gasteiger partial charge in [0, 0.05) is 0 Å². The zero-order valence-corrected chi connectivity index (χ0v) is 7.72. The highest BCUT2D eigenvalue weighted by Crippen LogP contribution is 2.21. The van der Waals surface area contributed by atoms with Crippen LogP contribution in [0, 0.1) is 6.92 Å². The Kier molecular flexibility index (Phi) is 4.11. The maximum absolute atomic E-state index is 5.68. The molecule has 56 valence electrons. The first-order chi connectivity index (χ1) is 4.20. The van der Waals surface area contributed by atoms with Crippen LogP contribution in [-0.2, 0) is 0 Å². The first-order valence-electron chi connectivity index (χ1n) is 2.62. The van der Waals surface area contributed by atoms with Gasteiger partial charge in [0.1, 0.15) is 0 Å². The summed E-state index contributed by atoms with van der Waals surface area (Å²) in [6.07, 6.45) is 0. The molecule has 1 aromatic carbocycles. The summed E-state index contributed by atoms with van der Waals surface area (Å²) in [5.41, 5.74) is 1.13. The number of benzene rings is 1. The average molecular weight is 197 g/mol. The van der Waals surface area contributed by atoms with Gasteiger partial charge in [-0.1, -0.05) is 29.3 Å². The second-order valence-corrected chi connectivity index (χ2v) is 2.73. The Labute approximate surface area is 76.6 Å². The van der Waals surface area contributed by atoms with Crippen molar-refractivity contribution in [3.63, 3.8) is 0 Å². The molecular formula is C7H7Cl3. The molecule has 0 aliphatic rings. The third kappa shape index (κ3) is 2.37. The van der Waals surface area contributed by atoms with Crippen molar-refractivity contribution in [2.75, 3.05) is 0 Å². The topological polar surface area (TPSA) is 0 Å². The molecule has 0 aliphatic heterocycles. The lowest BCUT2D eigenvalue weighted by Gasteiger charge is -1.94. The minimum atomic E-state index is 0. The second-order valence-electron chi connectivity index (χ2n) is 1.92. The van der Waals surface area contributed by atoms with Crippen molar-refractivity contribution in [3.8, 4) is 0 Å². The van der Waals surface area contributed by atoms with Gasteiger partial charge in [-0.3, -0.25) is 0 Å². The van der Waals surface area contributed by atoms with Gasteiger partial charge in [-0.05, 0) is 24.6 Å². The highest BCUT2D eigenvalue weighted by Gasteiger charge is 1.93. The van der Waals surface area contributed by atoms with E-state index in [1.54, 1.807) is 6.07 Å². The van der Waals surface area contributed by atoms with Crippen LogP contribution in [0.1, 0.15) is 5.56 Å². The molecule has 0 spiro atoms. The summed E-state index contributed by atoms with van der Waals surface area (Å²) in [6.45, 7) is 1.97. The fraction of sp³-hybridized carbons (Fsp3) is 0.143. The highest BCUT2D eigenvalue weighted by atomic mass is 35.5. The molecule has 0 nitrogen and oxygen atoms in total. The molecule has 0 aromatic heterocycles. The van der Waals surface area contributed by atoms with E-state index in [0.717, 1.165) is 5.56 Å². The molecule has 0 atom stereocenters. The fourth-order valence-corrected chi connectivity index (χ4v) is 0.954. The predicted molar refractivity (Wildman–Crippen MR) is 48.4 cm³/mol. The van der Waals surface area contributed by atoms with Gasteiger partial charge in [-0.2, -0.15) is 0 Å². The minimum absolute atomic E-state index is 0. The summed E-state index contributed by atoms with van der Waals surface area (Å²) >= 11 is 11.3. The van der Waals surface area contributed by atoms with Crippen molar-refractivity contribution < 1.29 is 0 Å². The summed E-state index contributed by atoms with van der Waals surface area (Å²) in [6, 6.07) is 5.55. The van der Waals surface area contributed by atoms with Gasteiger partial charge in [0.2, 0.25) is 0 Å². The molecule has 1 rings (SSSR count). The summed E-state index contributed by atoms with van der Waals surface area (Å²) in [4.78, 5) is 0. The SMILES string of the molecule is Cc1ccc(Cl)c(Cl)c1.Cl. The van der Waals surface area contributed by atoms with Gasteiger partial charge in [-0.25, -0.2) is 0 Å². The molecule has 1 aromatic rings. The van der Waals surface area contributed by atoms with Crippen LogP contribution < -0.4 is 0 Å². The van der Waals surface area contributed by atoms with E-state index in [1.165, 1.54) is 0 Å². The van der Waals surface area contributed by atoms with Crippen LogP contribution in [0.5, 0.6) is 0 Å². The van der Waals surface area contributed by atoms with Crippen LogP contribution in [0.25, 0.3) is 0 Å². The first kappa shape index (κ1) is 10.1. The molecule has 0 radical (unpaired) electrons. The molecule has 0 heterocycles. The Morgan fingerprint density at radius 3 is 2.10 bits per heavy atom. The molecule has 0 aliphatic carbocycles. The smallest absolute Gasteiger partial charge is 0.0594 e. The molecule has 3 heteroatoms. The van der Waals surface area contributed by atoms with Crippen LogP contribution in [-0.4, -0.2) is 0 Å². The van der Waals surface area contributed by atoms with Gasteiger partial charge >= 0.3 is 0 Å². The van der Waals surface area contributed by atoms with Crippen LogP contribution in [0.2, 0.25) is 10.0 Å². The van der Waals surface area contributed by atoms with Gasteiger partial charge in [0.25, 0.3) is 0 Å². The largest absolute Gasteiger partial charge is 0.147 e. The maximum atomic E-state index is 5.68. The lowest BCUT2D eigenvalue weighted by molar-refractivity contribution is 1.47. The van der Waals surface area contributed by atoms with E-state index >= 15 is 0 Å². The summed E-state index contributed by atoms with van der Waals surface area (Å²) in [7, 11) is 0. The molecule has 0 bridgehead atoms. The zero-order chi connectivity index (χ0) is 6.85. The Bertz CT molecular complexity index is 220. The zero-order valence-electron chi connectivity index (χ0n) is 5.40. The average Bonchev–Trinajstić information content (AvgIpc) is 1.80. The third-order valence-corrected chi connectivity index (χ3v) is 1.81. The van der Waals surface area contributed by atoms with Crippen molar-refractivity contribution in [1.29, 1.82) is 0 Å². The lowest BCUT2D eigenvalue weighted by Crippen LogP contribution is -1.70. The van der Waals surface area contributed by atoms with Crippen LogP contribution in [0.4, 0.5) is 0 Å². The van der Waals surface area contributed by atoms with E-state index in [2.05, 4.69) is 0 Å². The molecule has 10 heavy (non-hydrogen) atoms.